The molecule has 2 aromatic rings. The number of aryl methyl sites for hydroxylation is 2. The zero-order valence-electron chi connectivity index (χ0n) is 20.6. The molecule has 1 aromatic carbocycles. The largest absolute Gasteiger partial charge is 0.489 e. The van der Waals surface area contributed by atoms with Gasteiger partial charge in [0.2, 0.25) is 0 Å². The molecule has 0 aliphatic heterocycles. The molecule has 1 N–H and O–H groups in total. The Balaban J connectivity index is 1.98. The van der Waals surface area contributed by atoms with Crippen molar-refractivity contribution in [2.24, 2.45) is 5.92 Å². The van der Waals surface area contributed by atoms with Crippen LogP contribution in [-0.4, -0.2) is 53.3 Å². The van der Waals surface area contributed by atoms with Crippen molar-refractivity contribution in [2.75, 3.05) is 19.7 Å². The molecule has 0 fully saturated rings. The number of hydrogen-bond acceptors (Lipinski definition) is 6. The van der Waals surface area contributed by atoms with Crippen molar-refractivity contribution in [3.05, 3.63) is 51.7 Å². The smallest absolute Gasteiger partial charge is 0.410 e. The first kappa shape index (κ1) is 26.9. The molecule has 1 atom stereocenters. The van der Waals surface area contributed by atoms with Crippen molar-refractivity contribution in [1.82, 2.24) is 4.90 Å². The van der Waals surface area contributed by atoms with Crippen LogP contribution in [0.1, 0.15) is 61.8 Å². The molecule has 1 unspecified atom stereocenters. The molecule has 182 valence electrons. The molecule has 33 heavy (non-hydrogen) atoms. The van der Waals surface area contributed by atoms with Crippen LogP contribution in [0.4, 0.5) is 4.79 Å². The molecule has 0 saturated heterocycles. The Morgan fingerprint density at radius 3 is 2.39 bits per heavy atom. The van der Waals surface area contributed by atoms with Crippen LogP contribution in [0.2, 0.25) is 0 Å². The van der Waals surface area contributed by atoms with Crippen LogP contribution in [0.15, 0.2) is 35.7 Å². The molecule has 0 aliphatic rings. The lowest BCUT2D eigenvalue weighted by Gasteiger charge is -2.30. The SMILES string of the molecule is Cc1csc(C(=O)CCc2ccccc2)c1OCC(O)CN(CC(C)C)C(=O)OC(C)(C)C. The van der Waals surface area contributed by atoms with Crippen LogP contribution in [0.5, 0.6) is 5.75 Å². The lowest BCUT2D eigenvalue weighted by molar-refractivity contribution is 0.00657. The minimum atomic E-state index is -0.914. The second-order valence-corrected chi connectivity index (χ2v) is 10.6. The summed E-state index contributed by atoms with van der Waals surface area (Å²) in [7, 11) is 0. The van der Waals surface area contributed by atoms with Crippen LogP contribution in [0, 0.1) is 12.8 Å². The van der Waals surface area contributed by atoms with Gasteiger partial charge in [0.05, 0.1) is 6.54 Å². The maximum Gasteiger partial charge on any atom is 0.410 e. The van der Waals surface area contributed by atoms with E-state index >= 15 is 0 Å². The quantitative estimate of drug-likeness (QED) is 0.434. The zero-order chi connectivity index (χ0) is 24.6. The number of rotatable bonds is 11. The summed E-state index contributed by atoms with van der Waals surface area (Å²) in [5.41, 5.74) is 1.36. The van der Waals surface area contributed by atoms with Crippen molar-refractivity contribution in [1.29, 1.82) is 0 Å². The maximum atomic E-state index is 12.8. The molecular formula is C26H37NO5S. The highest BCUT2D eigenvalue weighted by Crippen LogP contribution is 2.31. The molecular weight excluding hydrogens is 438 g/mol. The molecule has 0 bridgehead atoms. The fourth-order valence-electron chi connectivity index (χ4n) is 3.30. The van der Waals surface area contributed by atoms with Crippen molar-refractivity contribution < 1.29 is 24.2 Å². The number of ether oxygens (including phenoxy) is 2. The number of benzene rings is 1. The Bertz CT molecular complexity index is 901. The monoisotopic (exact) mass is 475 g/mol. The highest BCUT2D eigenvalue weighted by Gasteiger charge is 2.25. The van der Waals surface area contributed by atoms with E-state index in [-0.39, 0.29) is 24.9 Å². The Labute approximate surface area is 201 Å². The van der Waals surface area contributed by atoms with Crippen LogP contribution >= 0.6 is 11.3 Å². The lowest BCUT2D eigenvalue weighted by atomic mass is 10.1. The van der Waals surface area contributed by atoms with E-state index in [0.29, 0.717) is 30.0 Å². The Kier molecular flexibility index (Phi) is 9.92. The fourth-order valence-corrected chi connectivity index (χ4v) is 4.26. The molecule has 1 heterocycles. The number of aliphatic hydroxyl groups excluding tert-OH is 1. The second kappa shape index (κ2) is 12.2. The number of aliphatic hydroxyl groups is 1. The summed E-state index contributed by atoms with van der Waals surface area (Å²) in [6, 6.07) is 9.90. The molecule has 1 amide bonds. The number of hydrogen-bond donors (Lipinski definition) is 1. The lowest BCUT2D eigenvalue weighted by Crippen LogP contribution is -2.44. The summed E-state index contributed by atoms with van der Waals surface area (Å²) in [5, 5.41) is 12.5. The summed E-state index contributed by atoms with van der Waals surface area (Å²) in [6.45, 7) is 11.9. The summed E-state index contributed by atoms with van der Waals surface area (Å²) in [5.74, 6) is 0.764. The van der Waals surface area contributed by atoms with Gasteiger partial charge in [-0.3, -0.25) is 4.79 Å². The molecule has 2 rings (SSSR count). The van der Waals surface area contributed by atoms with Gasteiger partial charge in [-0.1, -0.05) is 44.2 Å². The molecule has 0 radical (unpaired) electrons. The predicted octanol–water partition coefficient (Wildman–Crippen LogP) is 5.50. The van der Waals surface area contributed by atoms with E-state index in [9.17, 15) is 14.7 Å². The first-order valence-corrected chi connectivity index (χ1v) is 12.3. The second-order valence-electron chi connectivity index (χ2n) is 9.73. The van der Waals surface area contributed by atoms with Gasteiger partial charge in [-0.2, -0.15) is 0 Å². The van der Waals surface area contributed by atoms with E-state index in [4.69, 9.17) is 9.47 Å². The minimum Gasteiger partial charge on any atom is -0.489 e. The standard InChI is InChI=1S/C26H37NO5S/c1-18(2)14-27(25(30)32-26(4,5)6)15-21(28)16-31-23-19(3)17-33-24(23)22(29)13-12-20-10-8-7-9-11-20/h7-11,17-18,21,28H,12-16H2,1-6H3. The van der Waals surface area contributed by atoms with E-state index in [1.54, 1.807) is 0 Å². The number of nitrogens with zero attached hydrogens (tertiary/aromatic N) is 1. The van der Waals surface area contributed by atoms with Gasteiger partial charge >= 0.3 is 6.09 Å². The normalized spacial score (nSPS) is 12.5. The van der Waals surface area contributed by atoms with E-state index in [2.05, 4.69) is 0 Å². The minimum absolute atomic E-state index is 0.0199. The summed E-state index contributed by atoms with van der Waals surface area (Å²) in [4.78, 5) is 27.5. The maximum absolute atomic E-state index is 12.8. The van der Waals surface area contributed by atoms with E-state index in [1.165, 1.54) is 16.2 Å². The highest BCUT2D eigenvalue weighted by molar-refractivity contribution is 7.12. The van der Waals surface area contributed by atoms with Crippen LogP contribution in [0.25, 0.3) is 0 Å². The van der Waals surface area contributed by atoms with Gasteiger partial charge in [-0.15, -0.1) is 11.3 Å². The third kappa shape index (κ3) is 9.18. The van der Waals surface area contributed by atoms with Gasteiger partial charge in [0.1, 0.15) is 28.9 Å². The third-order valence-corrected chi connectivity index (χ3v) is 5.86. The first-order chi connectivity index (χ1) is 15.5. The number of carbonyl (C=O) groups excluding carboxylic acids is 2. The predicted molar refractivity (Wildman–Crippen MR) is 132 cm³/mol. The van der Waals surface area contributed by atoms with Crippen LogP contribution in [-0.2, 0) is 11.2 Å². The van der Waals surface area contributed by atoms with Gasteiger partial charge in [0, 0.05) is 18.5 Å². The summed E-state index contributed by atoms with van der Waals surface area (Å²) < 4.78 is 11.4. The van der Waals surface area contributed by atoms with Crippen molar-refractivity contribution in [3.63, 3.8) is 0 Å². The van der Waals surface area contributed by atoms with Gasteiger partial charge < -0.3 is 19.5 Å². The molecule has 0 spiro atoms. The number of ketones is 1. The van der Waals surface area contributed by atoms with E-state index in [1.807, 2.05) is 77.3 Å². The Hall–Kier alpha value is -2.38. The molecule has 0 saturated carbocycles. The van der Waals surface area contributed by atoms with E-state index < -0.39 is 17.8 Å². The molecule has 0 aliphatic carbocycles. The number of thiophene rings is 1. The van der Waals surface area contributed by atoms with Crippen LogP contribution < -0.4 is 4.74 Å². The van der Waals surface area contributed by atoms with E-state index in [0.717, 1.165) is 11.1 Å². The topological polar surface area (TPSA) is 76.1 Å². The van der Waals surface area contributed by atoms with Crippen molar-refractivity contribution in [2.45, 2.75) is 66.1 Å². The summed E-state index contributed by atoms with van der Waals surface area (Å²) >= 11 is 1.36. The highest BCUT2D eigenvalue weighted by atomic mass is 32.1. The molecule has 1 aromatic heterocycles. The average Bonchev–Trinajstić information content (AvgIpc) is 3.09. The number of carbonyl (C=O) groups is 2. The number of amides is 1. The van der Waals surface area contributed by atoms with Gasteiger partial charge in [-0.05, 0) is 51.0 Å². The Morgan fingerprint density at radius 2 is 1.79 bits per heavy atom. The van der Waals surface area contributed by atoms with Crippen LogP contribution in [0.3, 0.4) is 0 Å². The first-order valence-electron chi connectivity index (χ1n) is 11.4. The molecule has 6 nitrogen and oxygen atoms in total. The molecule has 7 heteroatoms. The number of Topliss-reactive ketones (excluding diaryl/α,β-unsaturated/α-hetero) is 1. The average molecular weight is 476 g/mol. The summed E-state index contributed by atoms with van der Waals surface area (Å²) in [6.07, 6.45) is -0.316. The Morgan fingerprint density at radius 1 is 1.12 bits per heavy atom. The van der Waals surface area contributed by atoms with Gasteiger partial charge in [0.15, 0.2) is 5.78 Å². The van der Waals surface area contributed by atoms with Crippen molar-refractivity contribution >= 4 is 23.2 Å². The zero-order valence-corrected chi connectivity index (χ0v) is 21.4. The fraction of sp³-hybridized carbons (Fsp3) is 0.538. The van der Waals surface area contributed by atoms with Gasteiger partial charge in [-0.25, -0.2) is 4.79 Å². The third-order valence-electron chi connectivity index (χ3n) is 4.74. The van der Waals surface area contributed by atoms with Crippen molar-refractivity contribution in [3.8, 4) is 5.75 Å². The van der Waals surface area contributed by atoms with Gasteiger partial charge in [0.25, 0.3) is 0 Å².